The first-order chi connectivity index (χ1) is 11.3. The van der Waals surface area contributed by atoms with E-state index in [4.69, 9.17) is 5.73 Å². The van der Waals surface area contributed by atoms with Crippen LogP contribution in [0.5, 0.6) is 0 Å². The molecule has 24 heavy (non-hydrogen) atoms. The highest BCUT2D eigenvalue weighted by molar-refractivity contribution is 9.10. The number of halogens is 1. The quantitative estimate of drug-likeness (QED) is 0.711. The van der Waals surface area contributed by atoms with Crippen LogP contribution >= 0.6 is 15.9 Å². The van der Waals surface area contributed by atoms with Gasteiger partial charge in [0, 0.05) is 16.5 Å². The predicted molar refractivity (Wildman–Crippen MR) is 94.3 cm³/mol. The fourth-order valence-corrected chi connectivity index (χ4v) is 4.13. The second kappa shape index (κ2) is 7.72. The molecule has 0 bridgehead atoms. The third kappa shape index (κ3) is 4.30. The lowest BCUT2D eigenvalue weighted by Crippen LogP contribution is -2.36. The molecule has 0 aliphatic rings. The Morgan fingerprint density at radius 1 is 1.00 bits per heavy atom. The van der Waals surface area contributed by atoms with E-state index in [0.29, 0.717) is 5.56 Å². The lowest BCUT2D eigenvalue weighted by atomic mass is 10.1. The number of benzene rings is 2. The Hall–Kier alpha value is -1.99. The molecule has 2 N–H and O–H groups in total. The maximum absolute atomic E-state index is 12.5. The molecule has 1 atom stereocenters. The Morgan fingerprint density at radius 2 is 1.58 bits per heavy atom. The Bertz CT molecular complexity index is 833. The number of amides is 1. The van der Waals surface area contributed by atoms with E-state index in [2.05, 4.69) is 15.9 Å². The standard InChI is InChI=1S/C17H16BrNO4S/c18-13-8-6-12(7-9-13)15(20)10-11-16(17(19)21)24(22,23)14-4-2-1-3-5-14/h1-9,16H,10-11H2,(H2,19,21)/t16-/m0/s1. The monoisotopic (exact) mass is 409 g/mol. The zero-order valence-corrected chi connectivity index (χ0v) is 15.1. The Balaban J connectivity index is 2.16. The van der Waals surface area contributed by atoms with E-state index in [0.717, 1.165) is 4.47 Å². The van der Waals surface area contributed by atoms with Crippen LogP contribution in [0.4, 0.5) is 0 Å². The minimum absolute atomic E-state index is 0.0184. The van der Waals surface area contributed by atoms with Crippen LogP contribution in [0, 0.1) is 0 Å². The molecule has 0 fully saturated rings. The molecule has 0 unspecified atom stereocenters. The average Bonchev–Trinajstić information content (AvgIpc) is 2.55. The van der Waals surface area contributed by atoms with Crippen LogP contribution in [0.3, 0.4) is 0 Å². The molecule has 0 aromatic heterocycles. The molecule has 2 aromatic carbocycles. The summed E-state index contributed by atoms with van der Waals surface area (Å²) >= 11 is 3.28. The second-order valence-corrected chi connectivity index (χ2v) is 8.26. The van der Waals surface area contributed by atoms with Crippen molar-refractivity contribution in [2.75, 3.05) is 0 Å². The minimum atomic E-state index is -3.92. The highest BCUT2D eigenvalue weighted by Gasteiger charge is 2.32. The summed E-state index contributed by atoms with van der Waals surface area (Å²) in [6, 6.07) is 14.3. The van der Waals surface area contributed by atoms with E-state index < -0.39 is 21.0 Å². The van der Waals surface area contributed by atoms with Gasteiger partial charge in [0.05, 0.1) is 4.90 Å². The van der Waals surface area contributed by atoms with Gasteiger partial charge in [-0.05, 0) is 30.7 Å². The number of hydrogen-bond acceptors (Lipinski definition) is 4. The molecule has 0 radical (unpaired) electrons. The van der Waals surface area contributed by atoms with E-state index in [-0.39, 0.29) is 23.5 Å². The minimum Gasteiger partial charge on any atom is -0.369 e. The number of nitrogens with two attached hydrogens (primary N) is 1. The Morgan fingerprint density at radius 3 is 2.12 bits per heavy atom. The van der Waals surface area contributed by atoms with Crippen molar-refractivity contribution in [2.24, 2.45) is 5.73 Å². The number of primary amides is 1. The van der Waals surface area contributed by atoms with E-state index >= 15 is 0 Å². The van der Waals surface area contributed by atoms with Crippen molar-refractivity contribution in [3.05, 3.63) is 64.6 Å². The molecular formula is C17H16BrNO4S. The van der Waals surface area contributed by atoms with Crippen LogP contribution in [0.2, 0.25) is 0 Å². The molecule has 126 valence electrons. The van der Waals surface area contributed by atoms with Crippen LogP contribution in [0.25, 0.3) is 0 Å². The molecule has 2 aromatic rings. The summed E-state index contributed by atoms with van der Waals surface area (Å²) in [6.07, 6.45) is -0.233. The first-order valence-corrected chi connectivity index (χ1v) is 9.53. The zero-order valence-electron chi connectivity index (χ0n) is 12.7. The normalized spacial score (nSPS) is 12.5. The average molecular weight is 410 g/mol. The number of ketones is 1. The van der Waals surface area contributed by atoms with Gasteiger partial charge in [-0.25, -0.2) is 8.42 Å². The van der Waals surface area contributed by atoms with Crippen molar-refractivity contribution < 1.29 is 18.0 Å². The molecule has 0 saturated heterocycles. The number of hydrogen-bond donors (Lipinski definition) is 1. The van der Waals surface area contributed by atoms with Crippen molar-refractivity contribution in [3.63, 3.8) is 0 Å². The van der Waals surface area contributed by atoms with Crippen LogP contribution in [0.15, 0.2) is 64.0 Å². The Kier molecular flexibility index (Phi) is 5.90. The van der Waals surface area contributed by atoms with Gasteiger partial charge in [-0.2, -0.15) is 0 Å². The summed E-state index contributed by atoms with van der Waals surface area (Å²) in [4.78, 5) is 23.8. The van der Waals surface area contributed by atoms with Crippen molar-refractivity contribution in [1.82, 2.24) is 0 Å². The number of rotatable bonds is 7. The van der Waals surface area contributed by atoms with Gasteiger partial charge < -0.3 is 5.73 Å². The highest BCUT2D eigenvalue weighted by Crippen LogP contribution is 2.21. The molecule has 7 heteroatoms. The molecule has 5 nitrogen and oxygen atoms in total. The van der Waals surface area contributed by atoms with Crippen molar-refractivity contribution in [1.29, 1.82) is 0 Å². The lowest BCUT2D eigenvalue weighted by Gasteiger charge is -2.14. The summed E-state index contributed by atoms with van der Waals surface area (Å²) in [6.45, 7) is 0. The molecule has 0 saturated carbocycles. The number of carbonyl (C=O) groups excluding carboxylic acids is 2. The first-order valence-electron chi connectivity index (χ1n) is 7.19. The number of sulfone groups is 1. The number of Topliss-reactive ketones (excluding diaryl/α,β-unsaturated/α-hetero) is 1. The van der Waals surface area contributed by atoms with Gasteiger partial charge in [-0.3, -0.25) is 9.59 Å². The SMILES string of the molecule is NC(=O)[C@H](CCC(=O)c1ccc(Br)cc1)S(=O)(=O)c1ccccc1. The van der Waals surface area contributed by atoms with Crippen LogP contribution < -0.4 is 5.73 Å². The highest BCUT2D eigenvalue weighted by atomic mass is 79.9. The maximum Gasteiger partial charge on any atom is 0.236 e. The summed E-state index contributed by atoms with van der Waals surface area (Å²) < 4.78 is 25.9. The smallest absolute Gasteiger partial charge is 0.236 e. The summed E-state index contributed by atoms with van der Waals surface area (Å²) in [5.41, 5.74) is 5.73. The van der Waals surface area contributed by atoms with Gasteiger partial charge >= 0.3 is 0 Å². The third-order valence-corrected chi connectivity index (χ3v) is 6.24. The van der Waals surface area contributed by atoms with Gasteiger partial charge in [0.2, 0.25) is 5.91 Å². The third-order valence-electron chi connectivity index (χ3n) is 3.56. The molecule has 0 aliphatic carbocycles. The van der Waals surface area contributed by atoms with Crippen molar-refractivity contribution in [2.45, 2.75) is 23.0 Å². The van der Waals surface area contributed by atoms with E-state index in [1.165, 1.54) is 12.1 Å². The molecular weight excluding hydrogens is 394 g/mol. The fraction of sp³-hybridized carbons (Fsp3) is 0.176. The van der Waals surface area contributed by atoms with E-state index in [9.17, 15) is 18.0 Å². The fourth-order valence-electron chi connectivity index (χ4n) is 2.27. The second-order valence-electron chi connectivity index (χ2n) is 5.22. The van der Waals surface area contributed by atoms with Crippen molar-refractivity contribution >= 4 is 37.5 Å². The maximum atomic E-state index is 12.5. The van der Waals surface area contributed by atoms with Crippen molar-refractivity contribution in [3.8, 4) is 0 Å². The lowest BCUT2D eigenvalue weighted by molar-refractivity contribution is -0.117. The van der Waals surface area contributed by atoms with Gasteiger partial charge in [-0.1, -0.05) is 46.3 Å². The van der Waals surface area contributed by atoms with E-state index in [1.807, 2.05) is 0 Å². The Labute approximate surface area is 148 Å². The molecule has 0 aliphatic heterocycles. The molecule has 1 amide bonds. The van der Waals surface area contributed by atoms with Crippen LogP contribution in [-0.2, 0) is 14.6 Å². The van der Waals surface area contributed by atoms with E-state index in [1.54, 1.807) is 42.5 Å². The van der Waals surface area contributed by atoms with Crippen LogP contribution in [0.1, 0.15) is 23.2 Å². The summed E-state index contributed by atoms with van der Waals surface area (Å²) in [7, 11) is -3.92. The summed E-state index contributed by atoms with van der Waals surface area (Å²) in [5, 5.41) is -1.43. The van der Waals surface area contributed by atoms with Gasteiger partial charge in [0.15, 0.2) is 15.6 Å². The topological polar surface area (TPSA) is 94.3 Å². The van der Waals surface area contributed by atoms with Gasteiger partial charge in [-0.15, -0.1) is 0 Å². The molecule has 2 rings (SSSR count). The first kappa shape index (κ1) is 18.4. The zero-order chi connectivity index (χ0) is 17.7. The van der Waals surface area contributed by atoms with Crippen LogP contribution in [-0.4, -0.2) is 25.4 Å². The van der Waals surface area contributed by atoms with Gasteiger partial charge in [0.1, 0.15) is 5.25 Å². The van der Waals surface area contributed by atoms with Gasteiger partial charge in [0.25, 0.3) is 0 Å². The number of carbonyl (C=O) groups is 2. The summed E-state index contributed by atoms with van der Waals surface area (Å²) in [5.74, 6) is -1.19. The molecule has 0 spiro atoms. The molecule has 0 heterocycles. The largest absolute Gasteiger partial charge is 0.369 e. The predicted octanol–water partition coefficient (Wildman–Crippen LogP) is 2.74.